The largest absolute Gasteiger partial charge is 0.383 e. The zero-order valence-corrected chi connectivity index (χ0v) is 15.4. The topological polar surface area (TPSA) is 95.8 Å². The maximum atomic E-state index is 13.0. The molecule has 0 bridgehead atoms. The van der Waals surface area contributed by atoms with Gasteiger partial charge in [0.1, 0.15) is 11.5 Å². The maximum Gasteiger partial charge on any atom is 0.292 e. The fourth-order valence-electron chi connectivity index (χ4n) is 3.02. The van der Waals surface area contributed by atoms with Crippen molar-refractivity contribution in [1.82, 2.24) is 4.31 Å². The van der Waals surface area contributed by atoms with Gasteiger partial charge in [-0.2, -0.15) is 4.31 Å². The van der Waals surface area contributed by atoms with E-state index >= 15 is 0 Å². The van der Waals surface area contributed by atoms with Crippen LogP contribution in [0.3, 0.4) is 0 Å². The lowest BCUT2D eigenvalue weighted by molar-refractivity contribution is -0.383. The van der Waals surface area contributed by atoms with Gasteiger partial charge in [-0.3, -0.25) is 10.1 Å². The van der Waals surface area contributed by atoms with Crippen molar-refractivity contribution in [2.24, 2.45) is 0 Å². The third-order valence-electron chi connectivity index (χ3n) is 4.50. The summed E-state index contributed by atoms with van der Waals surface area (Å²) in [7, 11) is -2.07. The third kappa shape index (κ3) is 3.86. The van der Waals surface area contributed by atoms with E-state index in [0.29, 0.717) is 18.8 Å². The highest BCUT2D eigenvalue weighted by Crippen LogP contribution is 2.30. The fourth-order valence-corrected chi connectivity index (χ4v) is 4.44. The van der Waals surface area contributed by atoms with Crippen molar-refractivity contribution in [2.75, 3.05) is 43.4 Å². The molecule has 0 radical (unpaired) electrons. The van der Waals surface area contributed by atoms with E-state index in [1.165, 1.54) is 22.5 Å². The summed E-state index contributed by atoms with van der Waals surface area (Å²) in [6.45, 7) is 1.43. The van der Waals surface area contributed by atoms with Gasteiger partial charge >= 0.3 is 0 Å². The predicted octanol–water partition coefficient (Wildman–Crippen LogP) is 2.29. The lowest BCUT2D eigenvalue weighted by atomic mass is 10.2. The number of hydrogen-bond acceptors (Lipinski definition) is 6. The van der Waals surface area contributed by atoms with Gasteiger partial charge in [0, 0.05) is 45.0 Å². The molecule has 1 N–H and O–H groups in total. The molecule has 0 atom stereocenters. The van der Waals surface area contributed by atoms with Crippen LogP contribution in [0, 0.1) is 15.9 Å². The molecule has 144 valence electrons. The van der Waals surface area contributed by atoms with Gasteiger partial charge in [0.15, 0.2) is 0 Å². The second-order valence-electron chi connectivity index (χ2n) is 6.05. The Morgan fingerprint density at radius 3 is 2.26 bits per heavy atom. The van der Waals surface area contributed by atoms with Crippen LogP contribution >= 0.6 is 0 Å². The van der Waals surface area contributed by atoms with E-state index in [4.69, 9.17) is 0 Å². The van der Waals surface area contributed by atoms with Crippen molar-refractivity contribution in [3.8, 4) is 0 Å². The van der Waals surface area contributed by atoms with Gasteiger partial charge in [-0.15, -0.1) is 0 Å². The maximum absolute atomic E-state index is 13.0. The zero-order chi connectivity index (χ0) is 19.6. The number of piperazine rings is 1. The van der Waals surface area contributed by atoms with Crippen LogP contribution in [0.4, 0.5) is 21.5 Å². The van der Waals surface area contributed by atoms with E-state index in [9.17, 15) is 22.9 Å². The van der Waals surface area contributed by atoms with Crippen molar-refractivity contribution in [2.45, 2.75) is 4.90 Å². The molecule has 1 aliphatic heterocycles. The van der Waals surface area contributed by atoms with Crippen LogP contribution in [0.2, 0.25) is 0 Å². The van der Waals surface area contributed by atoms with E-state index in [-0.39, 0.29) is 23.7 Å². The highest BCUT2D eigenvalue weighted by molar-refractivity contribution is 7.89. The fraction of sp³-hybridized carbons (Fsp3) is 0.294. The molecule has 0 saturated carbocycles. The van der Waals surface area contributed by atoms with Gasteiger partial charge < -0.3 is 10.2 Å². The van der Waals surface area contributed by atoms with Crippen LogP contribution in [0.1, 0.15) is 0 Å². The van der Waals surface area contributed by atoms with E-state index in [0.717, 1.165) is 17.8 Å². The number of sulfonamides is 1. The van der Waals surface area contributed by atoms with E-state index < -0.39 is 20.8 Å². The minimum absolute atomic E-state index is 0.0150. The predicted molar refractivity (Wildman–Crippen MR) is 100 cm³/mol. The van der Waals surface area contributed by atoms with Crippen LogP contribution in [-0.2, 0) is 10.0 Å². The van der Waals surface area contributed by atoms with E-state index in [2.05, 4.69) is 5.32 Å². The Labute approximate surface area is 156 Å². The minimum Gasteiger partial charge on any atom is -0.383 e. The van der Waals surface area contributed by atoms with Crippen LogP contribution < -0.4 is 10.2 Å². The Kier molecular flexibility index (Phi) is 5.29. The number of rotatable bonds is 5. The molecular weight excluding hydrogens is 375 g/mol. The molecule has 27 heavy (non-hydrogen) atoms. The molecule has 0 unspecified atom stereocenters. The van der Waals surface area contributed by atoms with Crippen molar-refractivity contribution in [1.29, 1.82) is 0 Å². The molecule has 2 aromatic carbocycles. The van der Waals surface area contributed by atoms with Crippen molar-refractivity contribution in [3.63, 3.8) is 0 Å². The number of halogens is 1. The van der Waals surface area contributed by atoms with Crippen LogP contribution in [0.25, 0.3) is 0 Å². The second-order valence-corrected chi connectivity index (χ2v) is 7.99. The first kappa shape index (κ1) is 19.1. The van der Waals surface area contributed by atoms with Gasteiger partial charge in [0.05, 0.1) is 9.82 Å². The number of nitrogens with zero attached hydrogens (tertiary/aromatic N) is 3. The lowest BCUT2D eigenvalue weighted by Crippen LogP contribution is -2.48. The van der Waals surface area contributed by atoms with E-state index in [1.807, 2.05) is 4.90 Å². The van der Waals surface area contributed by atoms with Gasteiger partial charge in [-0.25, -0.2) is 12.8 Å². The van der Waals surface area contributed by atoms with Crippen molar-refractivity contribution in [3.05, 3.63) is 58.4 Å². The van der Waals surface area contributed by atoms with Gasteiger partial charge in [0.25, 0.3) is 5.69 Å². The number of nitro groups is 1. The monoisotopic (exact) mass is 394 g/mol. The Morgan fingerprint density at radius 1 is 1.07 bits per heavy atom. The highest BCUT2D eigenvalue weighted by Gasteiger charge is 2.29. The summed E-state index contributed by atoms with van der Waals surface area (Å²) in [5.74, 6) is -0.489. The highest BCUT2D eigenvalue weighted by atomic mass is 32.2. The molecule has 1 saturated heterocycles. The zero-order valence-electron chi connectivity index (χ0n) is 14.6. The molecule has 1 fully saturated rings. The first-order valence-corrected chi connectivity index (χ1v) is 9.74. The molecule has 1 aliphatic rings. The summed E-state index contributed by atoms with van der Waals surface area (Å²) in [5.41, 5.74) is 1.17. The Morgan fingerprint density at radius 2 is 1.70 bits per heavy atom. The number of hydrogen-bond donors (Lipinski definition) is 1. The molecule has 2 aromatic rings. The molecule has 0 aliphatic carbocycles. The average molecular weight is 394 g/mol. The summed E-state index contributed by atoms with van der Waals surface area (Å²) in [4.78, 5) is 12.6. The summed E-state index contributed by atoms with van der Waals surface area (Å²) in [6.07, 6.45) is 0. The number of anilines is 2. The Bertz CT molecular complexity index is 942. The molecule has 3 rings (SSSR count). The molecule has 0 spiro atoms. The molecule has 8 nitrogen and oxygen atoms in total. The number of nitro benzene ring substituents is 1. The molecule has 1 heterocycles. The van der Waals surface area contributed by atoms with Crippen LogP contribution in [0.15, 0.2) is 47.4 Å². The summed E-state index contributed by atoms with van der Waals surface area (Å²) in [6, 6.07) is 9.53. The SMILES string of the molecule is CNc1cc(N2CCN(S(=O)(=O)c3ccc(F)cc3)CC2)ccc1[N+](=O)[O-]. The normalized spacial score (nSPS) is 15.6. The van der Waals surface area contributed by atoms with Crippen molar-refractivity contribution < 1.29 is 17.7 Å². The second kappa shape index (κ2) is 7.49. The van der Waals surface area contributed by atoms with Gasteiger partial charge in [-0.1, -0.05) is 0 Å². The summed E-state index contributed by atoms with van der Waals surface area (Å²) < 4.78 is 39.7. The lowest BCUT2D eigenvalue weighted by Gasteiger charge is -2.35. The molecule has 0 aromatic heterocycles. The first-order valence-electron chi connectivity index (χ1n) is 8.30. The minimum atomic E-state index is -3.68. The standard InChI is InChI=1S/C17H19FN4O4S/c1-19-16-12-14(4-7-17(16)22(23)24)20-8-10-21(11-9-20)27(25,26)15-5-2-13(18)3-6-15/h2-7,12,19H,8-11H2,1H3. The van der Waals surface area contributed by atoms with Crippen molar-refractivity contribution >= 4 is 27.1 Å². The summed E-state index contributed by atoms with van der Waals surface area (Å²) in [5, 5.41) is 13.8. The smallest absolute Gasteiger partial charge is 0.292 e. The first-order chi connectivity index (χ1) is 12.8. The molecule has 0 amide bonds. The van der Waals surface area contributed by atoms with Crippen LogP contribution in [0.5, 0.6) is 0 Å². The van der Waals surface area contributed by atoms with Gasteiger partial charge in [-0.05, 0) is 36.4 Å². The average Bonchev–Trinajstić information content (AvgIpc) is 2.67. The number of benzene rings is 2. The Hall–Kier alpha value is -2.72. The Balaban J connectivity index is 1.73. The third-order valence-corrected chi connectivity index (χ3v) is 6.41. The van der Waals surface area contributed by atoms with Gasteiger partial charge in [0.2, 0.25) is 10.0 Å². The molecular formula is C17H19FN4O4S. The van der Waals surface area contributed by atoms with Crippen LogP contribution in [-0.4, -0.2) is 50.9 Å². The van der Waals surface area contributed by atoms with E-state index in [1.54, 1.807) is 19.2 Å². The quantitative estimate of drug-likeness (QED) is 0.617. The number of nitrogens with one attached hydrogen (secondary N) is 1. The molecule has 10 heteroatoms. The summed E-state index contributed by atoms with van der Waals surface area (Å²) >= 11 is 0.